The first-order valence-corrected chi connectivity index (χ1v) is 3.62. The first-order valence-electron chi connectivity index (χ1n) is 3.62. The lowest BCUT2D eigenvalue weighted by Crippen LogP contribution is -2.26. The quantitative estimate of drug-likeness (QED) is 0.502. The maximum absolute atomic E-state index is 8.65. The highest BCUT2D eigenvalue weighted by Crippen LogP contribution is 2.27. The van der Waals surface area contributed by atoms with Crippen molar-refractivity contribution in [1.82, 2.24) is 5.32 Å². The number of nitrogens with one attached hydrogen (secondary N) is 1. The first-order chi connectivity index (χ1) is 4.92. The average molecular weight is 138 g/mol. The molecule has 2 rings (SSSR count). The lowest BCUT2D eigenvalue weighted by atomic mass is 9.95. The van der Waals surface area contributed by atoms with E-state index < -0.39 is 0 Å². The molecule has 0 spiro atoms. The fourth-order valence-electron chi connectivity index (χ4n) is 1.76. The molecule has 2 aliphatic rings. The summed E-state index contributed by atoms with van der Waals surface area (Å²) in [6.07, 6.45) is 0. The van der Waals surface area contributed by atoms with Crippen molar-refractivity contribution in [1.29, 1.82) is 5.26 Å². The van der Waals surface area contributed by atoms with Crippen molar-refractivity contribution in [3.05, 3.63) is 0 Å². The van der Waals surface area contributed by atoms with E-state index in [4.69, 9.17) is 10.00 Å². The van der Waals surface area contributed by atoms with Crippen LogP contribution in [0.2, 0.25) is 0 Å². The van der Waals surface area contributed by atoms with Crippen LogP contribution < -0.4 is 5.32 Å². The van der Waals surface area contributed by atoms with Crippen molar-refractivity contribution in [3.63, 3.8) is 0 Å². The van der Waals surface area contributed by atoms with Crippen LogP contribution in [0.3, 0.4) is 0 Å². The normalized spacial score (nSPS) is 44.9. The van der Waals surface area contributed by atoms with Gasteiger partial charge < -0.3 is 10.1 Å². The summed E-state index contributed by atoms with van der Waals surface area (Å²) in [4.78, 5) is 0. The molecule has 0 aromatic heterocycles. The average Bonchev–Trinajstić information content (AvgIpc) is 2.44. The molecule has 0 radical (unpaired) electrons. The van der Waals surface area contributed by atoms with Gasteiger partial charge in [-0.3, -0.25) is 0 Å². The zero-order valence-electron chi connectivity index (χ0n) is 5.71. The summed E-state index contributed by atoms with van der Waals surface area (Å²) in [5, 5.41) is 11.8. The zero-order chi connectivity index (χ0) is 6.97. The Kier molecular flexibility index (Phi) is 1.37. The number of hydrogen-bond donors (Lipinski definition) is 1. The van der Waals surface area contributed by atoms with Gasteiger partial charge in [-0.25, -0.2) is 0 Å². The highest BCUT2D eigenvalue weighted by Gasteiger charge is 2.39. The molecule has 3 heteroatoms. The number of nitriles is 1. The van der Waals surface area contributed by atoms with Gasteiger partial charge in [0.2, 0.25) is 0 Å². The zero-order valence-corrected chi connectivity index (χ0v) is 5.71. The predicted octanol–water partition coefficient (Wildman–Crippen LogP) is -0.256. The Labute approximate surface area is 60.0 Å². The van der Waals surface area contributed by atoms with Crippen molar-refractivity contribution in [3.8, 4) is 6.07 Å². The number of ether oxygens (including phenoxy) is 1. The van der Waals surface area contributed by atoms with Crippen molar-refractivity contribution in [2.75, 3.05) is 19.8 Å². The van der Waals surface area contributed by atoms with Crippen LogP contribution in [0.1, 0.15) is 0 Å². The minimum atomic E-state index is 0.0486. The molecule has 0 saturated carbocycles. The maximum Gasteiger partial charge on any atom is 0.101 e. The van der Waals surface area contributed by atoms with Crippen LogP contribution in [0.15, 0.2) is 0 Å². The van der Waals surface area contributed by atoms with Gasteiger partial charge in [-0.1, -0.05) is 0 Å². The lowest BCUT2D eigenvalue weighted by Gasteiger charge is -2.06. The van der Waals surface area contributed by atoms with Gasteiger partial charge in [0.05, 0.1) is 19.3 Å². The van der Waals surface area contributed by atoms with Crippen LogP contribution >= 0.6 is 0 Å². The molecular weight excluding hydrogens is 128 g/mol. The molecule has 0 aliphatic carbocycles. The molecule has 3 atom stereocenters. The monoisotopic (exact) mass is 138 g/mol. The molecule has 2 fully saturated rings. The van der Waals surface area contributed by atoms with E-state index in [1.807, 2.05) is 0 Å². The number of fused-ring (bicyclic) bond motifs is 1. The smallest absolute Gasteiger partial charge is 0.101 e. The Morgan fingerprint density at radius 3 is 3.20 bits per heavy atom. The van der Waals surface area contributed by atoms with Gasteiger partial charge in [0.25, 0.3) is 0 Å². The first kappa shape index (κ1) is 6.14. The van der Waals surface area contributed by atoms with Gasteiger partial charge in [-0.15, -0.1) is 0 Å². The minimum absolute atomic E-state index is 0.0486. The predicted molar refractivity (Wildman–Crippen MR) is 35.2 cm³/mol. The Morgan fingerprint density at radius 2 is 2.40 bits per heavy atom. The SMILES string of the molecule is N#CC1NCC2COCC21. The van der Waals surface area contributed by atoms with E-state index in [0.717, 1.165) is 19.8 Å². The van der Waals surface area contributed by atoms with Crippen LogP contribution in [0.5, 0.6) is 0 Å². The molecule has 2 heterocycles. The largest absolute Gasteiger partial charge is 0.381 e. The third-order valence-electron chi connectivity index (χ3n) is 2.41. The summed E-state index contributed by atoms with van der Waals surface area (Å²) in [7, 11) is 0. The highest BCUT2D eigenvalue weighted by atomic mass is 16.5. The van der Waals surface area contributed by atoms with Gasteiger partial charge in [0.15, 0.2) is 0 Å². The summed E-state index contributed by atoms with van der Waals surface area (Å²) in [6, 6.07) is 2.29. The Balaban J connectivity index is 2.10. The second-order valence-corrected chi connectivity index (χ2v) is 2.98. The third kappa shape index (κ3) is 0.731. The fourth-order valence-corrected chi connectivity index (χ4v) is 1.76. The summed E-state index contributed by atoms with van der Waals surface area (Å²) < 4.78 is 5.25. The van der Waals surface area contributed by atoms with Crippen LogP contribution in [-0.4, -0.2) is 25.8 Å². The van der Waals surface area contributed by atoms with E-state index in [0.29, 0.717) is 11.8 Å². The highest BCUT2D eigenvalue weighted by molar-refractivity contribution is 5.04. The Bertz CT molecular complexity index is 175. The summed E-state index contributed by atoms with van der Waals surface area (Å²) in [6.45, 7) is 2.58. The Hall–Kier alpha value is -0.590. The number of hydrogen-bond acceptors (Lipinski definition) is 3. The second kappa shape index (κ2) is 2.22. The van der Waals surface area contributed by atoms with Gasteiger partial charge in [0.1, 0.15) is 6.04 Å². The van der Waals surface area contributed by atoms with Crippen molar-refractivity contribution >= 4 is 0 Å². The lowest BCUT2D eigenvalue weighted by molar-refractivity contribution is 0.172. The van der Waals surface area contributed by atoms with Gasteiger partial charge in [0, 0.05) is 18.4 Å². The van der Waals surface area contributed by atoms with E-state index in [9.17, 15) is 0 Å². The molecule has 0 bridgehead atoms. The van der Waals surface area contributed by atoms with Crippen LogP contribution in [0, 0.1) is 23.2 Å². The molecule has 2 aliphatic heterocycles. The van der Waals surface area contributed by atoms with E-state index in [-0.39, 0.29) is 6.04 Å². The van der Waals surface area contributed by atoms with Crippen molar-refractivity contribution < 1.29 is 4.74 Å². The molecule has 0 aromatic carbocycles. The molecule has 10 heavy (non-hydrogen) atoms. The van der Waals surface area contributed by atoms with Crippen LogP contribution in [-0.2, 0) is 4.74 Å². The van der Waals surface area contributed by atoms with Crippen molar-refractivity contribution in [2.45, 2.75) is 6.04 Å². The minimum Gasteiger partial charge on any atom is -0.381 e. The molecule has 3 unspecified atom stereocenters. The topological polar surface area (TPSA) is 45.0 Å². The van der Waals surface area contributed by atoms with E-state index >= 15 is 0 Å². The fraction of sp³-hybridized carbons (Fsp3) is 0.857. The van der Waals surface area contributed by atoms with Gasteiger partial charge >= 0.3 is 0 Å². The molecule has 2 saturated heterocycles. The summed E-state index contributed by atoms with van der Waals surface area (Å²) in [5.74, 6) is 1.06. The van der Waals surface area contributed by atoms with E-state index in [1.165, 1.54) is 0 Å². The molecule has 1 N–H and O–H groups in total. The van der Waals surface area contributed by atoms with Gasteiger partial charge in [-0.05, 0) is 0 Å². The molecule has 0 amide bonds. The maximum atomic E-state index is 8.65. The van der Waals surface area contributed by atoms with Crippen LogP contribution in [0.4, 0.5) is 0 Å². The summed E-state index contributed by atoms with van der Waals surface area (Å²) in [5.41, 5.74) is 0. The second-order valence-electron chi connectivity index (χ2n) is 2.98. The molecule has 54 valence electrons. The van der Waals surface area contributed by atoms with E-state index in [1.54, 1.807) is 0 Å². The summed E-state index contributed by atoms with van der Waals surface area (Å²) >= 11 is 0. The van der Waals surface area contributed by atoms with Crippen molar-refractivity contribution in [2.24, 2.45) is 11.8 Å². The Morgan fingerprint density at radius 1 is 1.50 bits per heavy atom. The molecular formula is C7H10N2O. The van der Waals surface area contributed by atoms with Gasteiger partial charge in [-0.2, -0.15) is 5.26 Å². The standard InChI is InChI=1S/C7H10N2O/c8-1-7-6-4-10-3-5(6)2-9-7/h5-7,9H,2-4H2. The van der Waals surface area contributed by atoms with E-state index in [2.05, 4.69) is 11.4 Å². The molecule has 3 nitrogen and oxygen atoms in total. The number of rotatable bonds is 0. The third-order valence-corrected chi connectivity index (χ3v) is 2.41. The van der Waals surface area contributed by atoms with Crippen LogP contribution in [0.25, 0.3) is 0 Å². The molecule has 0 aromatic rings. The number of nitrogens with zero attached hydrogens (tertiary/aromatic N) is 1.